The van der Waals surface area contributed by atoms with Crippen LogP contribution in [-0.2, 0) is 129 Å². The number of carboxylic acids is 2. The summed E-state index contributed by atoms with van der Waals surface area (Å²) in [5.41, 5.74) is 0. The SMILES string of the molecule is CC(=O)N[C@H]1[C@H](O[C@H]2[C@H](O)[C@@H](O)[C@H](O[C@@H]3[C@@H](NC(C)=O)[C@H](O[C@H]4[C@H](O)[C@@H](O)[C@H](OCCNC(=O)CCOCCOCCOCCOCCNC(=O)CCCC[C@@H]5SC[C@@H]6NC(=O)N[C@@H]65)O[C@@H]4C(=O)O)O[C@H](CO)[C@@H]3OS(=O)(=O)[O-])O[C@@H]2C(=O)O)O[C@H](COS(=O)(=O)[O-])[C@H](OS(=O)(=O)[O-])[C@@H]1O.[Na+].[Na+].[Na+]. The molecule has 0 aromatic rings. The maximum absolute atomic E-state index is 12.9. The van der Waals surface area contributed by atoms with Gasteiger partial charge in [-0.2, -0.15) is 11.8 Å². The number of urea groups is 1. The number of aliphatic hydroxyl groups excluding tert-OH is 6. The summed E-state index contributed by atoms with van der Waals surface area (Å²) < 4.78 is 185. The van der Waals surface area contributed by atoms with Crippen molar-refractivity contribution >= 4 is 84.6 Å². The van der Waals surface area contributed by atoms with Crippen LogP contribution < -0.4 is 121 Å². The number of aliphatic hydroxyl groups is 6. The molecular formula is C51H81N6Na3O39S4. The number of thioether (sulfide) groups is 1. The smallest absolute Gasteiger partial charge is 0.726 e. The summed E-state index contributed by atoms with van der Waals surface area (Å²) in [7, 11) is -17.6. The topological polar surface area (TPSA) is 664 Å². The summed E-state index contributed by atoms with van der Waals surface area (Å²) in [5.74, 6) is -6.10. The van der Waals surface area contributed by atoms with E-state index in [0.29, 0.717) is 31.4 Å². The van der Waals surface area contributed by atoms with Gasteiger partial charge in [0.25, 0.3) is 0 Å². The first kappa shape index (κ1) is 95.5. The van der Waals surface area contributed by atoms with E-state index in [0.717, 1.165) is 38.9 Å². The predicted molar refractivity (Wildman–Crippen MR) is 315 cm³/mol. The number of carbonyl (C=O) groups is 7. The third kappa shape index (κ3) is 30.8. The van der Waals surface area contributed by atoms with Crippen LogP contribution in [0.3, 0.4) is 0 Å². The third-order valence-corrected chi connectivity index (χ3v) is 18.3. The van der Waals surface area contributed by atoms with Crippen LogP contribution in [0.1, 0.15) is 46.0 Å². The summed E-state index contributed by atoms with van der Waals surface area (Å²) in [4.78, 5) is 87.0. The summed E-state index contributed by atoms with van der Waals surface area (Å²) in [5, 5.41) is 103. The second kappa shape index (κ2) is 45.6. The van der Waals surface area contributed by atoms with Crippen molar-refractivity contribution in [3.8, 4) is 0 Å². The van der Waals surface area contributed by atoms with Gasteiger partial charge in [0.2, 0.25) is 54.8 Å². The second-order valence-corrected chi connectivity index (χ2v) is 27.1. The van der Waals surface area contributed by atoms with Crippen molar-refractivity contribution in [2.24, 2.45) is 0 Å². The number of aliphatic carboxylic acids is 2. The van der Waals surface area contributed by atoms with Gasteiger partial charge in [0.05, 0.1) is 84.8 Å². The minimum absolute atomic E-state index is 0. The van der Waals surface area contributed by atoms with Gasteiger partial charge in [-0.25, -0.2) is 39.6 Å². The zero-order valence-corrected chi connectivity index (χ0v) is 65.3. The summed E-state index contributed by atoms with van der Waals surface area (Å²) >= 11 is 1.83. The van der Waals surface area contributed by atoms with Gasteiger partial charge in [0, 0.05) is 50.8 Å². The molecule has 23 atom stereocenters. The van der Waals surface area contributed by atoms with Gasteiger partial charge in [0.1, 0.15) is 85.3 Å². The van der Waals surface area contributed by atoms with Gasteiger partial charge in [-0.15, -0.1) is 0 Å². The van der Waals surface area contributed by atoms with E-state index in [-0.39, 0.29) is 165 Å². The Balaban J connectivity index is 0.00000919. The predicted octanol–water partition coefficient (Wildman–Crippen LogP) is -19.4. The largest absolute Gasteiger partial charge is 1.00 e. The number of carbonyl (C=O) groups excluding carboxylic acids is 5. The molecule has 576 valence electrons. The molecule has 6 amide bonds. The molecule has 6 saturated heterocycles. The zero-order chi connectivity index (χ0) is 73.8. The molecule has 52 heteroatoms. The van der Waals surface area contributed by atoms with Gasteiger partial charge in [-0.1, -0.05) is 6.42 Å². The first-order valence-corrected chi connectivity index (χ1v) is 35.7. The van der Waals surface area contributed by atoms with Crippen LogP contribution in [0.4, 0.5) is 4.79 Å². The van der Waals surface area contributed by atoms with Crippen LogP contribution in [0.5, 0.6) is 0 Å². The van der Waals surface area contributed by atoms with Crippen molar-refractivity contribution in [3.05, 3.63) is 0 Å². The van der Waals surface area contributed by atoms with E-state index in [9.17, 15) is 113 Å². The van der Waals surface area contributed by atoms with E-state index in [4.69, 9.17) is 56.8 Å². The van der Waals surface area contributed by atoms with Crippen molar-refractivity contribution in [1.29, 1.82) is 0 Å². The van der Waals surface area contributed by atoms with E-state index < -0.39 is 203 Å². The van der Waals surface area contributed by atoms with Gasteiger partial charge in [-0.05, 0) is 12.8 Å². The molecule has 6 aliphatic heterocycles. The normalized spacial score (nSPS) is 32.9. The summed E-state index contributed by atoms with van der Waals surface area (Å²) in [6.45, 7) is -0.252. The second-order valence-electron chi connectivity index (χ2n) is 22.8. The zero-order valence-electron chi connectivity index (χ0n) is 56.1. The molecule has 0 spiro atoms. The molecule has 103 heavy (non-hydrogen) atoms. The van der Waals surface area contributed by atoms with Crippen LogP contribution in [0, 0.1) is 0 Å². The first-order chi connectivity index (χ1) is 47.1. The Morgan fingerprint density at radius 1 is 0.544 bits per heavy atom. The number of amides is 6. The number of fused-ring (bicyclic) bond motifs is 1. The number of rotatable bonds is 42. The summed E-state index contributed by atoms with van der Waals surface area (Å²) in [6.07, 6.45) is -41.6. The standard InChI is InChI=1S/C51H84N6O39S4.3Na/c1-22(59)54-31-33(63)38(95-99(76,77)78)26(20-87-98(73,74)75)89-47(31)91-42-35(65)37(67)50(94-44(42)46(70)71)90-40-32(55-23(2)60)48(88-25(19-58)39(40)96-100(79,80)81)92-41-34(64)36(66)49(93-43(41)45(68)69)86-12-9-53-29(62)7-10-82-13-15-84-17-18-85-16-14-83-11-8-52-28(61)6-4-3-5-27-30-24(21-97-27)56-51(72)57-30;;;/h24-27,30-44,47-50,58,63-67H,3-21H2,1-2H3,(H,52,61)(H,53,62)(H,54,59)(H,55,60)(H,68,69)(H,70,71)(H2,56,57,72)(H,73,74,75)(H,76,77,78)(H,79,80,81);;;/q;3*+1/p-3/t24-,25+,26+,27-,30-,31+,32+,33+,34+,35+,36+,37+,38-,39-,40+,41-,42-,43-,44-,47-,48-,49+,50+;;;/m0.../s1. The fourth-order valence-corrected chi connectivity index (χ4v) is 13.9. The molecule has 0 saturated carbocycles. The molecular weight excluding hydrogens is 1520 g/mol. The van der Waals surface area contributed by atoms with Crippen molar-refractivity contribution in [3.63, 3.8) is 0 Å². The van der Waals surface area contributed by atoms with Gasteiger partial charge in [-0.3, -0.25) is 31.7 Å². The Bertz CT molecular complexity index is 3060. The van der Waals surface area contributed by atoms with Crippen LogP contribution in [0.25, 0.3) is 0 Å². The quantitative estimate of drug-likeness (QED) is 0.00887. The number of ether oxygens (including phenoxy) is 12. The fraction of sp³-hybridized carbons (Fsp3) is 0.863. The Hall–Kier alpha value is -1.67. The van der Waals surface area contributed by atoms with Crippen LogP contribution in [0.2, 0.25) is 0 Å². The molecule has 6 fully saturated rings. The van der Waals surface area contributed by atoms with E-state index >= 15 is 0 Å². The molecule has 0 radical (unpaired) electrons. The van der Waals surface area contributed by atoms with Crippen LogP contribution in [-0.4, -0.2) is 353 Å². The number of unbranched alkanes of at least 4 members (excludes halogenated alkanes) is 1. The Kier molecular flexibility index (Phi) is 42.3. The number of nitrogens with one attached hydrogen (secondary N) is 6. The molecule has 0 aliphatic carbocycles. The van der Waals surface area contributed by atoms with Crippen LogP contribution >= 0.6 is 11.8 Å². The molecule has 14 N–H and O–H groups in total. The Morgan fingerprint density at radius 3 is 1.55 bits per heavy atom. The van der Waals surface area contributed by atoms with E-state index in [1.807, 2.05) is 17.1 Å². The number of hydrogen-bond acceptors (Lipinski definition) is 38. The molecule has 0 bridgehead atoms. The summed E-state index contributed by atoms with van der Waals surface area (Å²) in [6, 6.07) is -4.30. The minimum Gasteiger partial charge on any atom is -0.726 e. The molecule has 45 nitrogen and oxygen atoms in total. The van der Waals surface area contributed by atoms with Crippen molar-refractivity contribution < 1.29 is 271 Å². The Labute approximate surface area is 659 Å². The Morgan fingerprint density at radius 2 is 1.02 bits per heavy atom. The van der Waals surface area contributed by atoms with E-state index in [1.165, 1.54) is 0 Å². The van der Waals surface area contributed by atoms with Crippen molar-refractivity contribution in [2.75, 3.05) is 91.5 Å². The molecule has 0 aromatic carbocycles. The monoisotopic (exact) mass is 1600 g/mol. The van der Waals surface area contributed by atoms with E-state index in [2.05, 4.69) is 39.1 Å². The average Bonchev–Trinajstić information content (AvgIpc) is 1.75. The fourth-order valence-electron chi connectivity index (χ4n) is 11.0. The maximum atomic E-state index is 12.9. The molecule has 6 aliphatic rings. The van der Waals surface area contributed by atoms with Crippen molar-refractivity contribution in [2.45, 2.75) is 186 Å². The minimum atomic E-state index is -6.00. The molecule has 6 rings (SSSR count). The third-order valence-electron chi connectivity index (χ3n) is 15.5. The molecule has 0 aromatic heterocycles. The van der Waals surface area contributed by atoms with Crippen LogP contribution in [0.15, 0.2) is 0 Å². The van der Waals surface area contributed by atoms with Gasteiger partial charge in [0.15, 0.2) is 37.4 Å². The number of carboxylic acid groups (broad SMARTS) is 2. The van der Waals surface area contributed by atoms with E-state index in [1.54, 1.807) is 0 Å². The average molecular weight is 1600 g/mol. The number of hydrogen-bond donors (Lipinski definition) is 14. The van der Waals surface area contributed by atoms with Gasteiger partial charge < -0.3 is 143 Å². The van der Waals surface area contributed by atoms with Crippen molar-refractivity contribution in [1.82, 2.24) is 31.9 Å². The van der Waals surface area contributed by atoms with Gasteiger partial charge >= 0.3 is 107 Å². The molecule has 6 heterocycles. The first-order valence-electron chi connectivity index (χ1n) is 30.7. The maximum Gasteiger partial charge on any atom is 1.00 e. The molecule has 0 unspecified atom stereocenters.